The molecule has 0 heterocycles. The topological polar surface area (TPSA) is 56.8 Å². The number of nitrogens with one attached hydrogen (secondary N) is 1. The van der Waals surface area contributed by atoms with Crippen LogP contribution in [0.1, 0.15) is 48.1 Å². The molecule has 5 heteroatoms. The number of aryl methyl sites for hydroxylation is 2. The van der Waals surface area contributed by atoms with Gasteiger partial charge in [-0.05, 0) is 67.5 Å². The summed E-state index contributed by atoms with van der Waals surface area (Å²) in [4.78, 5) is 12.5. The number of hydrogen-bond acceptors (Lipinski definition) is 4. The number of fused-ring (bicyclic) bond motifs is 1. The van der Waals surface area contributed by atoms with Crippen LogP contribution in [0.5, 0.6) is 17.2 Å². The Kier molecular flexibility index (Phi) is 6.81. The Labute approximate surface area is 172 Å². The van der Waals surface area contributed by atoms with Crippen LogP contribution < -0.4 is 19.5 Å². The summed E-state index contributed by atoms with van der Waals surface area (Å²) in [6, 6.07) is 10.1. The summed E-state index contributed by atoms with van der Waals surface area (Å²) < 4.78 is 16.1. The van der Waals surface area contributed by atoms with E-state index in [0.29, 0.717) is 17.2 Å². The van der Waals surface area contributed by atoms with Crippen molar-refractivity contribution in [3.63, 3.8) is 0 Å². The van der Waals surface area contributed by atoms with Gasteiger partial charge in [0.05, 0.1) is 27.4 Å². The lowest BCUT2D eigenvalue weighted by molar-refractivity contribution is -0.117. The maximum Gasteiger partial charge on any atom is 0.244 e. The zero-order chi connectivity index (χ0) is 20.8. The van der Waals surface area contributed by atoms with Crippen molar-refractivity contribution >= 4 is 12.0 Å². The van der Waals surface area contributed by atoms with Crippen molar-refractivity contribution in [3.8, 4) is 17.2 Å². The summed E-state index contributed by atoms with van der Waals surface area (Å²) in [5.41, 5.74) is 4.73. The molecular formula is C24H29NO4. The summed E-state index contributed by atoms with van der Waals surface area (Å²) in [7, 11) is 4.69. The van der Waals surface area contributed by atoms with Crippen molar-refractivity contribution in [2.24, 2.45) is 0 Å². The molecule has 1 aliphatic rings. The second-order valence-electron chi connectivity index (χ2n) is 7.22. The van der Waals surface area contributed by atoms with Crippen LogP contribution >= 0.6 is 0 Å². The van der Waals surface area contributed by atoms with E-state index in [4.69, 9.17) is 14.2 Å². The van der Waals surface area contributed by atoms with Crippen molar-refractivity contribution in [1.82, 2.24) is 5.32 Å². The second kappa shape index (κ2) is 9.50. The van der Waals surface area contributed by atoms with E-state index in [2.05, 4.69) is 23.5 Å². The zero-order valence-electron chi connectivity index (χ0n) is 17.6. The molecular weight excluding hydrogens is 366 g/mol. The molecule has 0 radical (unpaired) electrons. The summed E-state index contributed by atoms with van der Waals surface area (Å²) >= 11 is 0. The number of carbonyl (C=O) groups is 1. The van der Waals surface area contributed by atoms with Crippen LogP contribution in [0.25, 0.3) is 6.08 Å². The Hall–Kier alpha value is -2.95. The quantitative estimate of drug-likeness (QED) is 0.702. The van der Waals surface area contributed by atoms with E-state index in [1.165, 1.54) is 30.0 Å². The predicted octanol–water partition coefficient (Wildman–Crippen LogP) is 4.48. The van der Waals surface area contributed by atoms with Crippen molar-refractivity contribution < 1.29 is 19.0 Å². The van der Waals surface area contributed by atoms with Crippen LogP contribution in [0.4, 0.5) is 0 Å². The molecule has 1 amide bonds. The molecule has 29 heavy (non-hydrogen) atoms. The molecule has 2 aromatic rings. The van der Waals surface area contributed by atoms with Gasteiger partial charge in [-0.3, -0.25) is 4.79 Å². The molecule has 1 atom stereocenters. The first-order valence-corrected chi connectivity index (χ1v) is 9.96. The number of rotatable bonds is 7. The molecule has 1 N–H and O–H groups in total. The number of carbonyl (C=O) groups excluding carboxylic acids is 1. The SMILES string of the molecule is COc1ccc(/C=C/C(=O)NC(C)c2ccc3c(c2)CCCC3)c(OC)c1OC. The average Bonchev–Trinajstić information content (AvgIpc) is 2.76. The smallest absolute Gasteiger partial charge is 0.244 e. The molecule has 5 nitrogen and oxygen atoms in total. The summed E-state index contributed by atoms with van der Waals surface area (Å²) in [6.07, 6.45) is 8.03. The highest BCUT2D eigenvalue weighted by Crippen LogP contribution is 2.40. The minimum atomic E-state index is -0.160. The molecule has 3 rings (SSSR count). The third kappa shape index (κ3) is 4.73. The largest absolute Gasteiger partial charge is 0.493 e. The maximum atomic E-state index is 12.5. The molecule has 0 saturated heterocycles. The molecule has 0 aliphatic heterocycles. The van der Waals surface area contributed by atoms with Crippen LogP contribution in [0.2, 0.25) is 0 Å². The Morgan fingerprint density at radius 3 is 2.38 bits per heavy atom. The van der Waals surface area contributed by atoms with Crippen LogP contribution in [-0.4, -0.2) is 27.2 Å². The van der Waals surface area contributed by atoms with Gasteiger partial charge in [-0.2, -0.15) is 0 Å². The monoisotopic (exact) mass is 395 g/mol. The number of amides is 1. The molecule has 0 spiro atoms. The number of ether oxygens (including phenoxy) is 3. The van der Waals surface area contributed by atoms with Gasteiger partial charge in [-0.15, -0.1) is 0 Å². The van der Waals surface area contributed by atoms with E-state index >= 15 is 0 Å². The molecule has 0 fully saturated rings. The van der Waals surface area contributed by atoms with Gasteiger partial charge < -0.3 is 19.5 Å². The highest BCUT2D eigenvalue weighted by Gasteiger charge is 2.15. The standard InChI is InChI=1S/C24H29NO4/c1-16(19-10-9-17-7-5-6-8-20(17)15-19)25-22(26)14-12-18-11-13-21(27-2)24(29-4)23(18)28-3/h9-16H,5-8H2,1-4H3,(H,25,26)/b14-12+. The Balaban J connectivity index is 1.71. The molecule has 2 aromatic carbocycles. The van der Waals surface area contributed by atoms with Gasteiger partial charge in [0.2, 0.25) is 11.7 Å². The summed E-state index contributed by atoms with van der Waals surface area (Å²) in [6.45, 7) is 2.01. The van der Waals surface area contributed by atoms with E-state index in [0.717, 1.165) is 24.0 Å². The Bertz CT molecular complexity index is 904. The lowest BCUT2D eigenvalue weighted by atomic mass is 9.89. The fourth-order valence-electron chi connectivity index (χ4n) is 3.79. The fourth-order valence-corrected chi connectivity index (χ4v) is 3.79. The van der Waals surface area contributed by atoms with Gasteiger partial charge in [0.15, 0.2) is 11.5 Å². The second-order valence-corrected chi connectivity index (χ2v) is 7.22. The number of benzene rings is 2. The first kappa shape index (κ1) is 20.8. The lowest BCUT2D eigenvalue weighted by Crippen LogP contribution is -2.24. The lowest BCUT2D eigenvalue weighted by Gasteiger charge is -2.19. The number of hydrogen-bond donors (Lipinski definition) is 1. The van der Waals surface area contributed by atoms with E-state index in [1.807, 2.05) is 13.0 Å². The Morgan fingerprint density at radius 1 is 0.966 bits per heavy atom. The first-order valence-electron chi connectivity index (χ1n) is 9.96. The highest BCUT2D eigenvalue weighted by atomic mass is 16.5. The van der Waals surface area contributed by atoms with Crippen LogP contribution in [-0.2, 0) is 17.6 Å². The van der Waals surface area contributed by atoms with Crippen LogP contribution in [0.3, 0.4) is 0 Å². The van der Waals surface area contributed by atoms with Crippen molar-refractivity contribution in [3.05, 3.63) is 58.7 Å². The van der Waals surface area contributed by atoms with Crippen LogP contribution in [0, 0.1) is 0 Å². The third-order valence-corrected chi connectivity index (χ3v) is 5.38. The first-order chi connectivity index (χ1) is 14.1. The van der Waals surface area contributed by atoms with Gasteiger partial charge in [-0.1, -0.05) is 18.2 Å². The van der Waals surface area contributed by atoms with Gasteiger partial charge in [0, 0.05) is 11.6 Å². The van der Waals surface area contributed by atoms with E-state index in [1.54, 1.807) is 33.5 Å². The van der Waals surface area contributed by atoms with E-state index < -0.39 is 0 Å². The predicted molar refractivity (Wildman–Crippen MR) is 115 cm³/mol. The van der Waals surface area contributed by atoms with Crippen LogP contribution in [0.15, 0.2) is 36.4 Å². The summed E-state index contributed by atoms with van der Waals surface area (Å²) in [5.74, 6) is 1.44. The maximum absolute atomic E-state index is 12.5. The molecule has 154 valence electrons. The van der Waals surface area contributed by atoms with Gasteiger partial charge in [-0.25, -0.2) is 0 Å². The van der Waals surface area contributed by atoms with Crippen molar-refractivity contribution in [2.75, 3.05) is 21.3 Å². The third-order valence-electron chi connectivity index (χ3n) is 5.38. The molecule has 0 bridgehead atoms. The minimum Gasteiger partial charge on any atom is -0.493 e. The van der Waals surface area contributed by atoms with E-state index in [9.17, 15) is 4.79 Å². The zero-order valence-corrected chi connectivity index (χ0v) is 17.6. The number of methoxy groups -OCH3 is 3. The normalized spacial score (nSPS) is 14.2. The average molecular weight is 395 g/mol. The van der Waals surface area contributed by atoms with Crippen molar-refractivity contribution in [2.45, 2.75) is 38.6 Å². The highest BCUT2D eigenvalue weighted by molar-refractivity contribution is 5.92. The molecule has 0 saturated carbocycles. The van der Waals surface area contributed by atoms with Crippen molar-refractivity contribution in [1.29, 1.82) is 0 Å². The summed E-state index contributed by atoms with van der Waals surface area (Å²) in [5, 5.41) is 3.04. The molecule has 1 aliphatic carbocycles. The van der Waals surface area contributed by atoms with Gasteiger partial charge in [0.25, 0.3) is 0 Å². The van der Waals surface area contributed by atoms with Gasteiger partial charge in [0.1, 0.15) is 0 Å². The van der Waals surface area contributed by atoms with Gasteiger partial charge >= 0.3 is 0 Å². The molecule has 1 unspecified atom stereocenters. The fraction of sp³-hybridized carbons (Fsp3) is 0.375. The molecule has 0 aromatic heterocycles. The minimum absolute atomic E-state index is 0.0633. The Morgan fingerprint density at radius 2 is 1.69 bits per heavy atom. The van der Waals surface area contributed by atoms with E-state index in [-0.39, 0.29) is 11.9 Å².